The van der Waals surface area contributed by atoms with Crippen molar-refractivity contribution >= 4 is 17.2 Å². The first-order chi connectivity index (χ1) is 13.4. The lowest BCUT2D eigenvalue weighted by atomic mass is 9.96. The Balaban J connectivity index is 1.72. The predicted molar refractivity (Wildman–Crippen MR) is 114 cm³/mol. The van der Waals surface area contributed by atoms with Crippen molar-refractivity contribution in [2.75, 3.05) is 34.2 Å². The molecular weight excluding hydrogens is 370 g/mol. The van der Waals surface area contributed by atoms with Crippen LogP contribution in [0.5, 0.6) is 0 Å². The van der Waals surface area contributed by atoms with Crippen LogP contribution >= 0.6 is 11.3 Å². The van der Waals surface area contributed by atoms with E-state index in [4.69, 9.17) is 4.99 Å². The lowest BCUT2D eigenvalue weighted by Gasteiger charge is -2.19. The second kappa shape index (κ2) is 9.47. The Labute approximate surface area is 171 Å². The number of rotatable bonds is 6. The van der Waals surface area contributed by atoms with E-state index in [9.17, 15) is 4.79 Å². The second-order valence-electron chi connectivity index (χ2n) is 7.84. The Bertz CT molecular complexity index is 846. The molecule has 1 heterocycles. The number of likely N-dealkylation sites (N-methyl/N-ethyl adjacent to an activating group) is 2. The number of nitrogens with zero attached hydrogens (tertiary/aromatic N) is 5. The van der Waals surface area contributed by atoms with E-state index in [2.05, 4.69) is 10.00 Å². The standard InChI is InChI=1S/C21H31N5OS/c1-24(2)14-15-25(3)20(27)17-12-10-16(11-13-17)19-23-26(4)21(28-19)22-18-8-6-5-7-9-18/h10-13,18H,5-9,14-15H2,1-4H3/b22-21+. The Kier molecular flexibility index (Phi) is 7.02. The SMILES string of the molecule is CN(C)CCN(C)C(=O)c1ccc(-c2nn(C)/c(=N\C3CCCCC3)s2)cc1. The zero-order valence-corrected chi connectivity index (χ0v) is 18.2. The van der Waals surface area contributed by atoms with Crippen LogP contribution in [0.2, 0.25) is 0 Å². The molecule has 1 aromatic carbocycles. The zero-order chi connectivity index (χ0) is 20.1. The second-order valence-corrected chi connectivity index (χ2v) is 8.80. The van der Waals surface area contributed by atoms with Crippen molar-refractivity contribution in [2.24, 2.45) is 12.0 Å². The highest BCUT2D eigenvalue weighted by Gasteiger charge is 2.14. The smallest absolute Gasteiger partial charge is 0.253 e. The van der Waals surface area contributed by atoms with Crippen LogP contribution in [0.3, 0.4) is 0 Å². The summed E-state index contributed by atoms with van der Waals surface area (Å²) in [7, 11) is 7.82. The minimum absolute atomic E-state index is 0.0473. The van der Waals surface area contributed by atoms with Crippen molar-refractivity contribution < 1.29 is 4.79 Å². The molecule has 0 atom stereocenters. The summed E-state index contributed by atoms with van der Waals surface area (Å²) in [4.78, 5) is 22.3. The largest absolute Gasteiger partial charge is 0.340 e. The molecule has 28 heavy (non-hydrogen) atoms. The van der Waals surface area contributed by atoms with Gasteiger partial charge in [0, 0.05) is 38.3 Å². The minimum atomic E-state index is 0.0473. The monoisotopic (exact) mass is 401 g/mol. The quantitative estimate of drug-likeness (QED) is 0.748. The zero-order valence-electron chi connectivity index (χ0n) is 17.4. The van der Waals surface area contributed by atoms with Gasteiger partial charge in [-0.05, 0) is 39.1 Å². The maximum Gasteiger partial charge on any atom is 0.253 e. The molecule has 1 aromatic heterocycles. The molecule has 6 nitrogen and oxygen atoms in total. The summed E-state index contributed by atoms with van der Waals surface area (Å²) in [5.41, 5.74) is 1.73. The number of carbonyl (C=O) groups is 1. The molecule has 0 N–H and O–H groups in total. The highest BCUT2D eigenvalue weighted by atomic mass is 32.1. The van der Waals surface area contributed by atoms with Crippen LogP contribution in [0.25, 0.3) is 10.6 Å². The van der Waals surface area contributed by atoms with Gasteiger partial charge in [-0.1, -0.05) is 42.7 Å². The van der Waals surface area contributed by atoms with E-state index < -0.39 is 0 Å². The fourth-order valence-electron chi connectivity index (χ4n) is 3.37. The summed E-state index contributed by atoms with van der Waals surface area (Å²) in [6, 6.07) is 8.18. The van der Waals surface area contributed by atoms with E-state index in [0.717, 1.165) is 21.9 Å². The van der Waals surface area contributed by atoms with Crippen molar-refractivity contribution in [3.8, 4) is 10.6 Å². The van der Waals surface area contributed by atoms with Crippen molar-refractivity contribution in [3.05, 3.63) is 34.6 Å². The highest BCUT2D eigenvalue weighted by Crippen LogP contribution is 2.22. The van der Waals surface area contributed by atoms with Gasteiger partial charge < -0.3 is 9.80 Å². The van der Waals surface area contributed by atoms with Gasteiger partial charge in [-0.2, -0.15) is 5.10 Å². The molecular formula is C21H31N5OS. The molecule has 1 amide bonds. The molecule has 1 fully saturated rings. The van der Waals surface area contributed by atoms with Gasteiger partial charge in [0.15, 0.2) is 0 Å². The number of hydrogen-bond donors (Lipinski definition) is 0. The first-order valence-electron chi connectivity index (χ1n) is 10.0. The number of hydrogen-bond acceptors (Lipinski definition) is 5. The highest BCUT2D eigenvalue weighted by molar-refractivity contribution is 7.12. The van der Waals surface area contributed by atoms with Gasteiger partial charge in [0.1, 0.15) is 5.01 Å². The van der Waals surface area contributed by atoms with Gasteiger partial charge in [0.2, 0.25) is 4.80 Å². The molecule has 0 saturated heterocycles. The Morgan fingerprint density at radius 1 is 1.14 bits per heavy atom. The van der Waals surface area contributed by atoms with E-state index in [1.807, 2.05) is 57.1 Å². The maximum absolute atomic E-state index is 12.6. The lowest BCUT2D eigenvalue weighted by molar-refractivity contribution is 0.0786. The third kappa shape index (κ3) is 5.29. The van der Waals surface area contributed by atoms with Crippen molar-refractivity contribution in [3.63, 3.8) is 0 Å². The number of benzene rings is 1. The summed E-state index contributed by atoms with van der Waals surface area (Å²) in [6.07, 6.45) is 6.27. The summed E-state index contributed by atoms with van der Waals surface area (Å²) >= 11 is 1.62. The average molecular weight is 402 g/mol. The van der Waals surface area contributed by atoms with E-state index in [1.54, 1.807) is 16.2 Å². The summed E-state index contributed by atoms with van der Waals surface area (Å²) in [6.45, 7) is 1.56. The van der Waals surface area contributed by atoms with Crippen molar-refractivity contribution in [1.82, 2.24) is 19.6 Å². The molecule has 1 aliphatic carbocycles. The number of amides is 1. The third-order valence-electron chi connectivity index (χ3n) is 5.18. The van der Waals surface area contributed by atoms with E-state index in [1.165, 1.54) is 32.1 Å². The van der Waals surface area contributed by atoms with Gasteiger partial charge in [0.05, 0.1) is 6.04 Å². The molecule has 2 aromatic rings. The Hall–Kier alpha value is -1.99. The summed E-state index contributed by atoms with van der Waals surface area (Å²) < 4.78 is 1.88. The van der Waals surface area contributed by atoms with Crippen LogP contribution in [0, 0.1) is 0 Å². The lowest BCUT2D eigenvalue weighted by Crippen LogP contribution is -2.33. The topological polar surface area (TPSA) is 53.7 Å². The van der Waals surface area contributed by atoms with Crippen LogP contribution < -0.4 is 4.80 Å². The average Bonchev–Trinajstić information content (AvgIpc) is 3.06. The normalized spacial score (nSPS) is 16.0. The van der Waals surface area contributed by atoms with Crippen LogP contribution in [0.4, 0.5) is 0 Å². The molecule has 7 heteroatoms. The van der Waals surface area contributed by atoms with Gasteiger partial charge >= 0.3 is 0 Å². The molecule has 0 unspecified atom stereocenters. The van der Waals surface area contributed by atoms with Gasteiger partial charge in [-0.3, -0.25) is 9.79 Å². The van der Waals surface area contributed by atoms with Crippen LogP contribution in [0.15, 0.2) is 29.3 Å². The van der Waals surface area contributed by atoms with Gasteiger partial charge in [-0.25, -0.2) is 4.68 Å². The van der Waals surface area contributed by atoms with Gasteiger partial charge in [-0.15, -0.1) is 0 Å². The van der Waals surface area contributed by atoms with Crippen LogP contribution in [0.1, 0.15) is 42.5 Å². The van der Waals surface area contributed by atoms with Crippen molar-refractivity contribution in [1.29, 1.82) is 0 Å². The van der Waals surface area contributed by atoms with E-state index >= 15 is 0 Å². The third-order valence-corrected chi connectivity index (χ3v) is 6.24. The minimum Gasteiger partial charge on any atom is -0.340 e. The first kappa shape index (κ1) is 20.7. The molecule has 152 valence electrons. The predicted octanol–water partition coefficient (Wildman–Crippen LogP) is 3.02. The molecule has 0 aliphatic heterocycles. The van der Waals surface area contributed by atoms with Crippen molar-refractivity contribution in [2.45, 2.75) is 38.1 Å². The Morgan fingerprint density at radius 2 is 1.82 bits per heavy atom. The fraction of sp³-hybridized carbons (Fsp3) is 0.571. The van der Waals surface area contributed by atoms with Gasteiger partial charge in [0.25, 0.3) is 5.91 Å². The maximum atomic E-state index is 12.6. The number of carbonyl (C=O) groups excluding carboxylic acids is 1. The molecule has 1 aliphatic rings. The molecule has 0 spiro atoms. The molecule has 3 rings (SSSR count). The van der Waals surface area contributed by atoms with E-state index in [-0.39, 0.29) is 5.91 Å². The first-order valence-corrected chi connectivity index (χ1v) is 10.8. The molecule has 0 bridgehead atoms. The summed E-state index contributed by atoms with van der Waals surface area (Å²) in [5, 5.41) is 5.59. The molecule has 0 radical (unpaired) electrons. The van der Waals surface area contributed by atoms with Crippen LogP contribution in [-0.4, -0.2) is 65.8 Å². The fourth-order valence-corrected chi connectivity index (χ4v) is 4.34. The number of aryl methyl sites for hydroxylation is 1. The van der Waals surface area contributed by atoms with E-state index in [0.29, 0.717) is 18.2 Å². The number of aromatic nitrogens is 2. The van der Waals surface area contributed by atoms with Crippen LogP contribution in [-0.2, 0) is 7.05 Å². The molecule has 1 saturated carbocycles. The Morgan fingerprint density at radius 3 is 2.46 bits per heavy atom. The summed E-state index contributed by atoms with van der Waals surface area (Å²) in [5.74, 6) is 0.0473.